The Balaban J connectivity index is 2.25. The number of anilines is 1. The van der Waals surface area contributed by atoms with Crippen molar-refractivity contribution >= 4 is 21.7 Å². The van der Waals surface area contributed by atoms with Gasteiger partial charge in [0, 0.05) is 31.0 Å². The second-order valence-electron chi connectivity index (χ2n) is 4.60. The van der Waals surface area contributed by atoms with Crippen LogP contribution in [0.15, 0.2) is 41.1 Å². The molecule has 0 spiro atoms. The van der Waals surface area contributed by atoms with E-state index < -0.39 is 0 Å². The predicted octanol–water partition coefficient (Wildman–Crippen LogP) is 2.83. The molecular formula is C14H14BrN5. The van der Waals surface area contributed by atoms with E-state index in [1.807, 2.05) is 49.1 Å². The monoisotopic (exact) mass is 331 g/mol. The smallest absolute Gasteiger partial charge is 0.161 e. The van der Waals surface area contributed by atoms with Gasteiger partial charge in [-0.1, -0.05) is 28.1 Å². The van der Waals surface area contributed by atoms with Gasteiger partial charge >= 0.3 is 0 Å². The Morgan fingerprint density at radius 2 is 1.85 bits per heavy atom. The van der Waals surface area contributed by atoms with E-state index in [-0.39, 0.29) is 0 Å². The molecule has 3 rings (SSSR count). The molecule has 0 aliphatic carbocycles. The summed E-state index contributed by atoms with van der Waals surface area (Å²) in [6, 6.07) is 8.02. The summed E-state index contributed by atoms with van der Waals surface area (Å²) in [6.07, 6.45) is 3.65. The van der Waals surface area contributed by atoms with Gasteiger partial charge in [-0.05, 0) is 17.7 Å². The summed E-state index contributed by atoms with van der Waals surface area (Å²) in [7, 11) is 3.78. The third-order valence-electron chi connectivity index (χ3n) is 3.26. The first-order valence-electron chi connectivity index (χ1n) is 6.14. The first kappa shape index (κ1) is 12.9. The lowest BCUT2D eigenvalue weighted by Gasteiger charge is -2.04. The Kier molecular flexibility index (Phi) is 3.10. The molecule has 0 unspecified atom stereocenters. The number of benzene rings is 1. The largest absolute Gasteiger partial charge is 0.383 e. The van der Waals surface area contributed by atoms with Crippen LogP contribution in [-0.4, -0.2) is 19.3 Å². The van der Waals surface area contributed by atoms with Crippen molar-refractivity contribution in [3.05, 3.63) is 41.1 Å². The number of nitrogen functional groups attached to an aromatic ring is 1. The lowest BCUT2D eigenvalue weighted by Crippen LogP contribution is -1.98. The standard InChI is InChI=1S/C14H14BrN5/c1-19-8-7-17-14(19)12-11(13(16)20(2)18-12)9-3-5-10(15)6-4-9/h3-8H,16H2,1-2H3. The lowest BCUT2D eigenvalue weighted by molar-refractivity contribution is 0.776. The molecule has 1 aromatic carbocycles. The molecule has 0 saturated heterocycles. The van der Waals surface area contributed by atoms with E-state index in [2.05, 4.69) is 26.0 Å². The number of nitrogens with two attached hydrogens (primary N) is 1. The molecule has 0 saturated carbocycles. The number of rotatable bonds is 2. The number of hydrogen-bond acceptors (Lipinski definition) is 3. The summed E-state index contributed by atoms with van der Waals surface area (Å²) < 4.78 is 4.65. The van der Waals surface area contributed by atoms with Crippen LogP contribution in [0.3, 0.4) is 0 Å². The van der Waals surface area contributed by atoms with E-state index >= 15 is 0 Å². The fourth-order valence-electron chi connectivity index (χ4n) is 2.19. The predicted molar refractivity (Wildman–Crippen MR) is 83.0 cm³/mol. The van der Waals surface area contributed by atoms with E-state index in [1.165, 1.54) is 0 Å². The van der Waals surface area contributed by atoms with Crippen molar-refractivity contribution in [3.8, 4) is 22.6 Å². The van der Waals surface area contributed by atoms with Crippen molar-refractivity contribution in [2.24, 2.45) is 14.1 Å². The lowest BCUT2D eigenvalue weighted by atomic mass is 10.1. The van der Waals surface area contributed by atoms with Gasteiger partial charge in [0.1, 0.15) is 11.5 Å². The SMILES string of the molecule is Cn1ccnc1-c1nn(C)c(N)c1-c1ccc(Br)cc1. The Labute approximate surface area is 125 Å². The average Bonchev–Trinajstić information content (AvgIpc) is 2.96. The molecule has 102 valence electrons. The number of halogens is 1. The summed E-state index contributed by atoms with van der Waals surface area (Å²) >= 11 is 3.44. The Morgan fingerprint density at radius 3 is 2.45 bits per heavy atom. The maximum absolute atomic E-state index is 6.18. The fourth-order valence-corrected chi connectivity index (χ4v) is 2.45. The number of imidazole rings is 1. The summed E-state index contributed by atoms with van der Waals surface area (Å²) in [5, 5.41) is 4.51. The van der Waals surface area contributed by atoms with Gasteiger partial charge in [0.2, 0.25) is 0 Å². The van der Waals surface area contributed by atoms with Crippen LogP contribution in [0, 0.1) is 0 Å². The zero-order valence-electron chi connectivity index (χ0n) is 11.2. The topological polar surface area (TPSA) is 61.7 Å². The minimum Gasteiger partial charge on any atom is -0.383 e. The van der Waals surface area contributed by atoms with Crippen molar-refractivity contribution in [3.63, 3.8) is 0 Å². The van der Waals surface area contributed by atoms with Gasteiger partial charge in [-0.2, -0.15) is 5.10 Å². The normalized spacial score (nSPS) is 10.9. The molecule has 5 nitrogen and oxygen atoms in total. The number of hydrogen-bond donors (Lipinski definition) is 1. The highest BCUT2D eigenvalue weighted by Gasteiger charge is 2.19. The highest BCUT2D eigenvalue weighted by Crippen LogP contribution is 2.35. The van der Waals surface area contributed by atoms with Crippen LogP contribution in [0.5, 0.6) is 0 Å². The van der Waals surface area contributed by atoms with Crippen molar-refractivity contribution < 1.29 is 0 Å². The van der Waals surface area contributed by atoms with Crippen LogP contribution < -0.4 is 5.73 Å². The minimum atomic E-state index is 0.630. The van der Waals surface area contributed by atoms with E-state index in [4.69, 9.17) is 5.73 Å². The van der Waals surface area contributed by atoms with Gasteiger partial charge in [0.15, 0.2) is 5.82 Å². The molecule has 0 bridgehead atoms. The zero-order valence-corrected chi connectivity index (χ0v) is 12.8. The van der Waals surface area contributed by atoms with Crippen LogP contribution in [0.2, 0.25) is 0 Å². The molecule has 2 aromatic heterocycles. The number of aromatic nitrogens is 4. The van der Waals surface area contributed by atoms with Gasteiger partial charge in [-0.3, -0.25) is 4.68 Å². The van der Waals surface area contributed by atoms with Crippen LogP contribution in [0.1, 0.15) is 0 Å². The number of aryl methyl sites for hydroxylation is 2. The maximum atomic E-state index is 6.18. The quantitative estimate of drug-likeness (QED) is 0.785. The van der Waals surface area contributed by atoms with Gasteiger partial charge in [0.25, 0.3) is 0 Å². The highest BCUT2D eigenvalue weighted by atomic mass is 79.9. The fraction of sp³-hybridized carbons (Fsp3) is 0.143. The second-order valence-corrected chi connectivity index (χ2v) is 5.52. The van der Waals surface area contributed by atoms with Crippen LogP contribution in [0.25, 0.3) is 22.6 Å². The Bertz CT molecular complexity index is 754. The van der Waals surface area contributed by atoms with Crippen molar-refractivity contribution in [1.82, 2.24) is 19.3 Å². The molecule has 0 amide bonds. The van der Waals surface area contributed by atoms with Crippen molar-refractivity contribution in [1.29, 1.82) is 0 Å². The van der Waals surface area contributed by atoms with Gasteiger partial charge in [0.05, 0.1) is 5.56 Å². The Hall–Kier alpha value is -2.08. The molecule has 2 N–H and O–H groups in total. The summed E-state index contributed by atoms with van der Waals surface area (Å²) in [6.45, 7) is 0. The van der Waals surface area contributed by atoms with E-state index in [0.29, 0.717) is 5.82 Å². The third kappa shape index (κ3) is 2.02. The zero-order chi connectivity index (χ0) is 14.3. The van der Waals surface area contributed by atoms with Gasteiger partial charge in [-0.25, -0.2) is 4.98 Å². The van der Waals surface area contributed by atoms with Gasteiger partial charge < -0.3 is 10.3 Å². The minimum absolute atomic E-state index is 0.630. The van der Waals surface area contributed by atoms with E-state index in [9.17, 15) is 0 Å². The maximum Gasteiger partial charge on any atom is 0.161 e. The number of nitrogens with zero attached hydrogens (tertiary/aromatic N) is 4. The molecule has 6 heteroatoms. The first-order valence-corrected chi connectivity index (χ1v) is 6.93. The molecule has 0 fully saturated rings. The van der Waals surface area contributed by atoms with Gasteiger partial charge in [-0.15, -0.1) is 0 Å². The molecule has 0 radical (unpaired) electrons. The van der Waals surface area contributed by atoms with Crippen molar-refractivity contribution in [2.75, 3.05) is 5.73 Å². The highest BCUT2D eigenvalue weighted by molar-refractivity contribution is 9.10. The molecule has 2 heterocycles. The summed E-state index contributed by atoms with van der Waals surface area (Å²) in [4.78, 5) is 4.37. The Morgan fingerprint density at radius 1 is 1.15 bits per heavy atom. The average molecular weight is 332 g/mol. The van der Waals surface area contributed by atoms with E-state index in [0.717, 1.165) is 27.1 Å². The van der Waals surface area contributed by atoms with Crippen molar-refractivity contribution in [2.45, 2.75) is 0 Å². The van der Waals surface area contributed by atoms with E-state index in [1.54, 1.807) is 10.9 Å². The first-order chi connectivity index (χ1) is 9.58. The third-order valence-corrected chi connectivity index (χ3v) is 3.79. The molecule has 3 aromatic rings. The molecule has 20 heavy (non-hydrogen) atoms. The van der Waals surface area contributed by atoms with Crippen LogP contribution in [-0.2, 0) is 14.1 Å². The second kappa shape index (κ2) is 4.79. The summed E-state index contributed by atoms with van der Waals surface area (Å²) in [5.41, 5.74) is 8.91. The molecule has 0 atom stereocenters. The van der Waals surface area contributed by atoms with Crippen LogP contribution >= 0.6 is 15.9 Å². The summed E-state index contributed by atoms with van der Waals surface area (Å²) in [5.74, 6) is 1.43. The molecule has 0 aliphatic heterocycles. The molecule has 0 aliphatic rings. The van der Waals surface area contributed by atoms with Crippen LogP contribution in [0.4, 0.5) is 5.82 Å². The molecular weight excluding hydrogens is 318 g/mol.